The van der Waals surface area contributed by atoms with Crippen molar-refractivity contribution in [2.24, 2.45) is 0 Å². The Labute approximate surface area is 123 Å². The van der Waals surface area contributed by atoms with E-state index in [0.717, 1.165) is 5.56 Å². The molecule has 0 aliphatic carbocycles. The largest absolute Gasteiger partial charge is 0.367 e. The Hall–Kier alpha value is -1.95. The van der Waals surface area contributed by atoms with Crippen LogP contribution in [0.15, 0.2) is 35.1 Å². The standard InChI is InChI=1S/C14H11BrFN3O/c1-8-2-10(6-17-5-8)19-7-18-12-4-9(15)3-11(16)13(12)14(19)20/h2-6,18H,7H2,1H3. The number of hydrogen-bond donors (Lipinski definition) is 1. The molecule has 3 rings (SSSR count). The van der Waals surface area contributed by atoms with Crippen molar-refractivity contribution in [3.63, 3.8) is 0 Å². The van der Waals surface area contributed by atoms with Crippen LogP contribution in [0.3, 0.4) is 0 Å². The van der Waals surface area contributed by atoms with E-state index in [9.17, 15) is 9.18 Å². The van der Waals surface area contributed by atoms with E-state index in [1.165, 1.54) is 11.0 Å². The predicted octanol–water partition coefficient (Wildman–Crippen LogP) is 3.32. The zero-order valence-electron chi connectivity index (χ0n) is 10.7. The third-order valence-electron chi connectivity index (χ3n) is 3.11. The van der Waals surface area contributed by atoms with Crippen LogP contribution in [0.1, 0.15) is 15.9 Å². The van der Waals surface area contributed by atoms with Gasteiger partial charge in [0.2, 0.25) is 0 Å². The van der Waals surface area contributed by atoms with Crippen molar-refractivity contribution in [1.29, 1.82) is 0 Å². The Morgan fingerprint density at radius 1 is 1.35 bits per heavy atom. The molecule has 0 radical (unpaired) electrons. The topological polar surface area (TPSA) is 45.2 Å². The molecular formula is C14H11BrFN3O. The van der Waals surface area contributed by atoms with E-state index in [1.54, 1.807) is 18.5 Å². The molecule has 0 saturated carbocycles. The number of halogens is 2. The highest BCUT2D eigenvalue weighted by molar-refractivity contribution is 9.10. The molecule has 0 bridgehead atoms. The zero-order valence-corrected chi connectivity index (χ0v) is 12.2. The zero-order chi connectivity index (χ0) is 14.3. The van der Waals surface area contributed by atoms with Crippen molar-refractivity contribution in [3.05, 3.63) is 52.0 Å². The Morgan fingerprint density at radius 2 is 2.15 bits per heavy atom. The minimum atomic E-state index is -0.544. The van der Waals surface area contributed by atoms with E-state index in [2.05, 4.69) is 26.2 Å². The number of hydrogen-bond acceptors (Lipinski definition) is 3. The molecule has 6 heteroatoms. The summed E-state index contributed by atoms with van der Waals surface area (Å²) in [7, 11) is 0. The highest BCUT2D eigenvalue weighted by Crippen LogP contribution is 2.31. The van der Waals surface area contributed by atoms with Crippen LogP contribution in [0, 0.1) is 12.7 Å². The molecular weight excluding hydrogens is 325 g/mol. The lowest BCUT2D eigenvalue weighted by Crippen LogP contribution is -2.40. The summed E-state index contributed by atoms with van der Waals surface area (Å²) in [4.78, 5) is 18.0. The first kappa shape index (κ1) is 13.1. The Morgan fingerprint density at radius 3 is 2.90 bits per heavy atom. The van der Waals surface area contributed by atoms with Gasteiger partial charge in [0.15, 0.2) is 0 Å². The molecule has 0 spiro atoms. The van der Waals surface area contributed by atoms with Crippen molar-refractivity contribution < 1.29 is 9.18 Å². The number of nitrogens with zero attached hydrogens (tertiary/aromatic N) is 2. The van der Waals surface area contributed by atoms with Gasteiger partial charge in [-0.15, -0.1) is 0 Å². The maximum Gasteiger partial charge on any atom is 0.264 e. The second-order valence-electron chi connectivity index (χ2n) is 4.60. The van der Waals surface area contributed by atoms with Crippen LogP contribution in [0.25, 0.3) is 0 Å². The monoisotopic (exact) mass is 335 g/mol. The predicted molar refractivity (Wildman–Crippen MR) is 78.4 cm³/mol. The highest BCUT2D eigenvalue weighted by atomic mass is 79.9. The Kier molecular flexibility index (Phi) is 3.17. The molecule has 1 N–H and O–H groups in total. The first-order valence-electron chi connectivity index (χ1n) is 6.02. The molecule has 4 nitrogen and oxygen atoms in total. The van der Waals surface area contributed by atoms with Crippen molar-refractivity contribution in [3.8, 4) is 0 Å². The van der Waals surface area contributed by atoms with Crippen LogP contribution < -0.4 is 10.2 Å². The maximum absolute atomic E-state index is 14.0. The Balaban J connectivity index is 2.05. The number of benzene rings is 1. The number of pyridine rings is 1. The smallest absolute Gasteiger partial charge is 0.264 e. The molecule has 1 aromatic carbocycles. The number of aromatic nitrogens is 1. The summed E-state index contributed by atoms with van der Waals surface area (Å²) in [6, 6.07) is 4.83. The first-order valence-corrected chi connectivity index (χ1v) is 6.82. The fraction of sp³-hybridized carbons (Fsp3) is 0.143. The van der Waals surface area contributed by atoms with E-state index in [4.69, 9.17) is 0 Å². The molecule has 0 saturated heterocycles. The van der Waals surface area contributed by atoms with Crippen LogP contribution >= 0.6 is 15.9 Å². The molecule has 0 fully saturated rings. The molecule has 1 aliphatic rings. The quantitative estimate of drug-likeness (QED) is 0.869. The molecule has 2 heterocycles. The van der Waals surface area contributed by atoms with Crippen molar-refractivity contribution in [1.82, 2.24) is 4.98 Å². The summed E-state index contributed by atoms with van der Waals surface area (Å²) in [5, 5.41) is 3.05. The van der Waals surface area contributed by atoms with E-state index in [-0.39, 0.29) is 18.1 Å². The van der Waals surface area contributed by atoms with Gasteiger partial charge in [-0.05, 0) is 30.7 Å². The van der Waals surface area contributed by atoms with Gasteiger partial charge >= 0.3 is 0 Å². The van der Waals surface area contributed by atoms with Crippen molar-refractivity contribution >= 4 is 33.2 Å². The minimum Gasteiger partial charge on any atom is -0.367 e. The van der Waals surface area contributed by atoms with Gasteiger partial charge in [0, 0.05) is 10.7 Å². The number of nitrogens with one attached hydrogen (secondary N) is 1. The molecule has 1 amide bonds. The summed E-state index contributed by atoms with van der Waals surface area (Å²) >= 11 is 3.22. The average Bonchev–Trinajstić information content (AvgIpc) is 2.38. The minimum absolute atomic E-state index is 0.0564. The SMILES string of the molecule is Cc1cncc(N2CNc3cc(Br)cc(F)c3C2=O)c1. The van der Waals surface area contributed by atoms with E-state index in [0.29, 0.717) is 15.8 Å². The van der Waals surface area contributed by atoms with Gasteiger partial charge < -0.3 is 5.32 Å². The van der Waals surface area contributed by atoms with Crippen LogP contribution in [0.2, 0.25) is 0 Å². The van der Waals surface area contributed by atoms with Gasteiger partial charge in [-0.2, -0.15) is 0 Å². The first-order chi connectivity index (χ1) is 9.56. The molecule has 1 aliphatic heterocycles. The van der Waals surface area contributed by atoms with E-state index < -0.39 is 5.82 Å². The van der Waals surface area contributed by atoms with Crippen molar-refractivity contribution in [2.45, 2.75) is 6.92 Å². The average molecular weight is 336 g/mol. The summed E-state index contributed by atoms with van der Waals surface area (Å²) < 4.78 is 14.6. The van der Waals surface area contributed by atoms with Gasteiger partial charge in [0.25, 0.3) is 5.91 Å². The second-order valence-corrected chi connectivity index (χ2v) is 5.51. The summed E-state index contributed by atoms with van der Waals surface area (Å²) in [5.74, 6) is -0.909. The van der Waals surface area contributed by atoms with Crippen LogP contribution in [-0.4, -0.2) is 17.6 Å². The molecule has 20 heavy (non-hydrogen) atoms. The molecule has 2 aromatic rings. The van der Waals surface area contributed by atoms with Gasteiger partial charge in [0.05, 0.1) is 29.8 Å². The summed E-state index contributed by atoms with van der Waals surface area (Å²) in [6.07, 6.45) is 3.30. The molecule has 0 atom stereocenters. The van der Waals surface area contributed by atoms with Crippen LogP contribution in [-0.2, 0) is 0 Å². The fourth-order valence-corrected chi connectivity index (χ4v) is 2.63. The summed E-state index contributed by atoms with van der Waals surface area (Å²) in [6.45, 7) is 2.18. The number of anilines is 2. The number of fused-ring (bicyclic) bond motifs is 1. The van der Waals surface area contributed by atoms with Crippen molar-refractivity contribution in [2.75, 3.05) is 16.9 Å². The normalized spacial score (nSPS) is 13.9. The van der Waals surface area contributed by atoms with Gasteiger partial charge in [-0.25, -0.2) is 4.39 Å². The molecule has 0 unspecified atom stereocenters. The number of carbonyl (C=O) groups is 1. The van der Waals surface area contributed by atoms with Gasteiger partial charge in [-0.3, -0.25) is 14.7 Å². The maximum atomic E-state index is 14.0. The number of aryl methyl sites for hydroxylation is 1. The Bertz CT molecular complexity index is 705. The highest BCUT2D eigenvalue weighted by Gasteiger charge is 2.29. The third kappa shape index (κ3) is 2.16. The van der Waals surface area contributed by atoms with Crippen LogP contribution in [0.5, 0.6) is 0 Å². The van der Waals surface area contributed by atoms with Crippen LogP contribution in [0.4, 0.5) is 15.8 Å². The number of amides is 1. The van der Waals surface area contributed by atoms with Gasteiger partial charge in [0.1, 0.15) is 5.82 Å². The molecule has 1 aromatic heterocycles. The van der Waals surface area contributed by atoms with E-state index >= 15 is 0 Å². The summed E-state index contributed by atoms with van der Waals surface area (Å²) in [5.41, 5.74) is 2.15. The third-order valence-corrected chi connectivity index (χ3v) is 3.57. The second kappa shape index (κ2) is 4.86. The number of rotatable bonds is 1. The van der Waals surface area contributed by atoms with Gasteiger partial charge in [-0.1, -0.05) is 15.9 Å². The lowest BCUT2D eigenvalue weighted by molar-refractivity contribution is 0.0982. The fourth-order valence-electron chi connectivity index (χ4n) is 2.20. The lowest BCUT2D eigenvalue weighted by Gasteiger charge is -2.30. The number of carbonyl (C=O) groups excluding carboxylic acids is 1. The molecule has 102 valence electrons. The lowest BCUT2D eigenvalue weighted by atomic mass is 10.1. The van der Waals surface area contributed by atoms with E-state index in [1.807, 2.05) is 13.0 Å².